The van der Waals surface area contributed by atoms with Crippen molar-refractivity contribution in [2.24, 2.45) is 15.9 Å². The number of benzene rings is 1. The summed E-state index contributed by atoms with van der Waals surface area (Å²) in [5, 5.41) is 13.6. The molecule has 21 heavy (non-hydrogen) atoms. The van der Waals surface area contributed by atoms with Gasteiger partial charge in [0.25, 0.3) is 5.91 Å². The molecule has 1 fully saturated rings. The van der Waals surface area contributed by atoms with Crippen LogP contribution < -0.4 is 5.43 Å². The fourth-order valence-corrected chi connectivity index (χ4v) is 3.54. The largest absolute Gasteiger partial charge is 0.468 e. The first kappa shape index (κ1) is 13.3. The van der Waals surface area contributed by atoms with Gasteiger partial charge in [-0.05, 0) is 12.5 Å². The number of ether oxygens (including phenoxy) is 1. The van der Waals surface area contributed by atoms with Crippen LogP contribution in [0.25, 0.3) is 0 Å². The van der Waals surface area contributed by atoms with Gasteiger partial charge < -0.3 is 4.74 Å². The molecular formula is C15H13N3O3. The molecule has 1 aliphatic carbocycles. The van der Waals surface area contributed by atoms with Crippen molar-refractivity contribution in [1.29, 1.82) is 5.26 Å². The van der Waals surface area contributed by atoms with E-state index in [1.54, 1.807) is 31.2 Å². The molecule has 0 aromatic heterocycles. The van der Waals surface area contributed by atoms with E-state index in [-0.39, 0.29) is 0 Å². The Kier molecular flexibility index (Phi) is 2.63. The molecule has 3 unspecified atom stereocenters. The molecule has 0 saturated heterocycles. The number of hydrogen-bond acceptors (Lipinski definition) is 5. The van der Waals surface area contributed by atoms with Crippen molar-refractivity contribution in [2.75, 3.05) is 7.11 Å². The topological polar surface area (TPSA) is 91.5 Å². The average Bonchev–Trinajstić information content (AvgIpc) is 3.07. The molecule has 1 aromatic rings. The molecule has 1 saturated carbocycles. The molecule has 1 aliphatic heterocycles. The van der Waals surface area contributed by atoms with Crippen LogP contribution in [0.15, 0.2) is 35.4 Å². The summed E-state index contributed by atoms with van der Waals surface area (Å²) in [6.45, 7) is 1.65. The lowest BCUT2D eigenvalue weighted by Crippen LogP contribution is -2.34. The van der Waals surface area contributed by atoms with Gasteiger partial charge in [0.2, 0.25) is 0 Å². The van der Waals surface area contributed by atoms with E-state index in [1.807, 2.05) is 12.1 Å². The Labute approximate surface area is 121 Å². The zero-order chi connectivity index (χ0) is 15.3. The second kappa shape index (κ2) is 4.16. The predicted molar refractivity (Wildman–Crippen MR) is 72.9 cm³/mol. The van der Waals surface area contributed by atoms with Gasteiger partial charge in [-0.25, -0.2) is 5.43 Å². The van der Waals surface area contributed by atoms with Crippen LogP contribution in [0.2, 0.25) is 0 Å². The number of methoxy groups -OCH3 is 1. The lowest BCUT2D eigenvalue weighted by atomic mass is 9.89. The molecule has 1 spiro atoms. The summed E-state index contributed by atoms with van der Waals surface area (Å²) in [4.78, 5) is 24.6. The highest BCUT2D eigenvalue weighted by Crippen LogP contribution is 2.76. The molecule has 2 aliphatic rings. The summed E-state index contributed by atoms with van der Waals surface area (Å²) in [7, 11) is 1.22. The smallest absolute Gasteiger partial charge is 0.328 e. The van der Waals surface area contributed by atoms with Gasteiger partial charge in [0.15, 0.2) is 5.41 Å². The lowest BCUT2D eigenvalue weighted by Gasteiger charge is -2.10. The average molecular weight is 283 g/mol. The Morgan fingerprint density at radius 2 is 2.10 bits per heavy atom. The van der Waals surface area contributed by atoms with E-state index in [9.17, 15) is 14.9 Å². The van der Waals surface area contributed by atoms with Crippen molar-refractivity contribution in [1.82, 2.24) is 5.43 Å². The van der Waals surface area contributed by atoms with Crippen LogP contribution in [0, 0.1) is 22.2 Å². The molecule has 3 rings (SSSR count). The van der Waals surface area contributed by atoms with E-state index in [2.05, 4.69) is 10.5 Å². The van der Waals surface area contributed by atoms with Crippen LogP contribution >= 0.6 is 0 Å². The normalized spacial score (nSPS) is 33.1. The fourth-order valence-electron chi connectivity index (χ4n) is 3.54. The molecule has 106 valence electrons. The van der Waals surface area contributed by atoms with Gasteiger partial charge in [-0.1, -0.05) is 30.3 Å². The van der Waals surface area contributed by atoms with E-state index in [4.69, 9.17) is 4.74 Å². The third-order valence-corrected chi connectivity index (χ3v) is 4.48. The van der Waals surface area contributed by atoms with Gasteiger partial charge in [0.05, 0.1) is 18.9 Å². The van der Waals surface area contributed by atoms with Crippen LogP contribution in [0.1, 0.15) is 18.4 Å². The Morgan fingerprint density at radius 3 is 2.57 bits per heavy atom. The SMILES string of the molecule is COC(=O)C1(C#N)C(c2ccccc2)C12C(=O)NN=C2C. The Morgan fingerprint density at radius 1 is 1.43 bits per heavy atom. The summed E-state index contributed by atoms with van der Waals surface area (Å²) in [6, 6.07) is 11.1. The molecule has 1 heterocycles. The number of rotatable bonds is 2. The highest BCUT2D eigenvalue weighted by Gasteiger charge is 2.89. The minimum atomic E-state index is -1.56. The number of nitrogens with one attached hydrogen (secondary N) is 1. The summed E-state index contributed by atoms with van der Waals surface area (Å²) < 4.78 is 4.81. The van der Waals surface area contributed by atoms with Gasteiger partial charge in [0, 0.05) is 5.92 Å². The van der Waals surface area contributed by atoms with E-state index < -0.39 is 28.6 Å². The maximum Gasteiger partial charge on any atom is 0.328 e. The highest BCUT2D eigenvalue weighted by atomic mass is 16.5. The van der Waals surface area contributed by atoms with Crippen molar-refractivity contribution in [3.63, 3.8) is 0 Å². The van der Waals surface area contributed by atoms with Crippen LogP contribution in [-0.2, 0) is 14.3 Å². The van der Waals surface area contributed by atoms with Gasteiger partial charge in [-0.2, -0.15) is 10.4 Å². The predicted octanol–water partition coefficient (Wildman–Crippen LogP) is 0.959. The summed E-state index contributed by atoms with van der Waals surface area (Å²) in [5.41, 5.74) is 0.739. The standard InChI is InChI=1S/C15H13N3O3/c1-9-15(12(19)18-17-9)11(10-6-4-3-5-7-10)14(15,8-16)13(20)21-2/h3-7,11H,1-2H3,(H,18,19). The van der Waals surface area contributed by atoms with E-state index in [1.165, 1.54) is 7.11 Å². The first-order chi connectivity index (χ1) is 10.1. The Bertz CT molecular complexity index is 707. The molecule has 6 nitrogen and oxygen atoms in total. The van der Waals surface area contributed by atoms with Gasteiger partial charge in [0.1, 0.15) is 5.41 Å². The van der Waals surface area contributed by atoms with Crippen LogP contribution in [-0.4, -0.2) is 24.7 Å². The summed E-state index contributed by atoms with van der Waals surface area (Å²) in [5.74, 6) is -1.72. The van der Waals surface area contributed by atoms with E-state index in [0.717, 1.165) is 5.56 Å². The maximum absolute atomic E-state index is 12.4. The third-order valence-electron chi connectivity index (χ3n) is 4.48. The van der Waals surface area contributed by atoms with E-state index in [0.29, 0.717) is 5.71 Å². The Balaban J connectivity index is 2.23. The summed E-state index contributed by atoms with van der Waals surface area (Å²) in [6.07, 6.45) is 0. The quantitative estimate of drug-likeness (QED) is 0.818. The molecule has 3 atom stereocenters. The van der Waals surface area contributed by atoms with Gasteiger partial charge in [-0.15, -0.1) is 0 Å². The minimum Gasteiger partial charge on any atom is -0.468 e. The molecule has 1 amide bonds. The first-order valence-corrected chi connectivity index (χ1v) is 6.47. The van der Waals surface area contributed by atoms with Crippen molar-refractivity contribution in [2.45, 2.75) is 12.8 Å². The minimum absolute atomic E-state index is 0.430. The van der Waals surface area contributed by atoms with Crippen LogP contribution in [0.5, 0.6) is 0 Å². The molecule has 6 heteroatoms. The number of nitrogens with zero attached hydrogens (tertiary/aromatic N) is 2. The molecule has 1 N–H and O–H groups in total. The van der Waals surface area contributed by atoms with Crippen LogP contribution in [0.3, 0.4) is 0 Å². The van der Waals surface area contributed by atoms with E-state index >= 15 is 0 Å². The van der Waals surface area contributed by atoms with Crippen molar-refractivity contribution >= 4 is 17.6 Å². The number of amides is 1. The van der Waals surface area contributed by atoms with Gasteiger partial charge in [-0.3, -0.25) is 9.59 Å². The van der Waals surface area contributed by atoms with Crippen LogP contribution in [0.4, 0.5) is 0 Å². The lowest BCUT2D eigenvalue weighted by molar-refractivity contribution is -0.147. The monoisotopic (exact) mass is 283 g/mol. The number of carbonyl (C=O) groups excluding carboxylic acids is 2. The highest BCUT2D eigenvalue weighted by molar-refractivity contribution is 6.22. The second-order valence-corrected chi connectivity index (χ2v) is 5.20. The number of hydrazone groups is 1. The van der Waals surface area contributed by atoms with Crippen molar-refractivity contribution in [3.05, 3.63) is 35.9 Å². The first-order valence-electron chi connectivity index (χ1n) is 6.47. The number of carbonyl (C=O) groups is 2. The van der Waals surface area contributed by atoms with Gasteiger partial charge >= 0.3 is 5.97 Å². The summed E-state index contributed by atoms with van der Waals surface area (Å²) >= 11 is 0. The molecular weight excluding hydrogens is 270 g/mol. The Hall–Kier alpha value is -2.68. The number of nitriles is 1. The fraction of sp³-hybridized carbons (Fsp3) is 0.333. The second-order valence-electron chi connectivity index (χ2n) is 5.20. The van der Waals surface area contributed by atoms with Crippen molar-refractivity contribution in [3.8, 4) is 6.07 Å². The molecule has 0 radical (unpaired) electrons. The molecule has 1 aromatic carbocycles. The zero-order valence-corrected chi connectivity index (χ0v) is 11.6. The maximum atomic E-state index is 12.4. The van der Waals surface area contributed by atoms with Crippen molar-refractivity contribution < 1.29 is 14.3 Å². The molecule has 0 bridgehead atoms. The zero-order valence-electron chi connectivity index (χ0n) is 11.6. The number of esters is 1. The number of hydrogen-bond donors (Lipinski definition) is 1. The third kappa shape index (κ3) is 1.28.